The van der Waals surface area contributed by atoms with Gasteiger partial charge in [0.15, 0.2) is 0 Å². The largest absolute Gasteiger partial charge is 0.497 e. The van der Waals surface area contributed by atoms with Crippen molar-refractivity contribution in [2.45, 2.75) is 6.92 Å². The minimum absolute atomic E-state index is 0.406. The third-order valence-electron chi connectivity index (χ3n) is 4.15. The van der Waals surface area contributed by atoms with Gasteiger partial charge in [0.05, 0.1) is 24.5 Å². The third-order valence-corrected chi connectivity index (χ3v) is 4.15. The number of ether oxygens (including phenoxy) is 1. The summed E-state index contributed by atoms with van der Waals surface area (Å²) in [6, 6.07) is 14.8. The first-order valence-corrected chi connectivity index (χ1v) is 8.48. The van der Waals surface area contributed by atoms with E-state index in [1.807, 2.05) is 55.6 Å². The Morgan fingerprint density at radius 3 is 2.67 bits per heavy atom. The fraction of sp³-hybridized carbons (Fsp3) is 0.143. The monoisotopic (exact) mass is 363 g/mol. The minimum atomic E-state index is -0.524. The second-order valence-corrected chi connectivity index (χ2v) is 6.19. The van der Waals surface area contributed by atoms with Gasteiger partial charge < -0.3 is 10.1 Å². The van der Waals surface area contributed by atoms with Gasteiger partial charge in [0, 0.05) is 17.5 Å². The van der Waals surface area contributed by atoms with Crippen molar-refractivity contribution in [2.24, 2.45) is 0 Å². The molecule has 3 N–H and O–H groups in total. The molecule has 138 valence electrons. The van der Waals surface area contributed by atoms with Crippen molar-refractivity contribution < 1.29 is 14.7 Å². The molecule has 0 fully saturated rings. The van der Waals surface area contributed by atoms with E-state index in [-0.39, 0.29) is 0 Å². The number of nitrogens with one attached hydrogen (secondary N) is 2. The second kappa shape index (κ2) is 8.33. The van der Waals surface area contributed by atoms with Crippen LogP contribution in [0.3, 0.4) is 0 Å². The van der Waals surface area contributed by atoms with Crippen LogP contribution in [0.25, 0.3) is 17.0 Å². The molecule has 0 atom stereocenters. The van der Waals surface area contributed by atoms with E-state index >= 15 is 0 Å². The number of fused-ring (bicyclic) bond motifs is 1. The maximum absolute atomic E-state index is 11.3. The number of aromatic nitrogens is 1. The summed E-state index contributed by atoms with van der Waals surface area (Å²) in [5.41, 5.74) is 5.98. The Bertz CT molecular complexity index is 982. The highest BCUT2D eigenvalue weighted by Crippen LogP contribution is 2.22. The molecule has 0 unspecified atom stereocenters. The van der Waals surface area contributed by atoms with Gasteiger partial charge >= 0.3 is 0 Å². The molecule has 0 aliphatic heterocycles. The summed E-state index contributed by atoms with van der Waals surface area (Å²) < 4.78 is 5.26. The Kier molecular flexibility index (Phi) is 5.68. The van der Waals surface area contributed by atoms with E-state index in [9.17, 15) is 4.79 Å². The maximum atomic E-state index is 11.3. The summed E-state index contributed by atoms with van der Waals surface area (Å²) in [5.74, 6) is 0.278. The van der Waals surface area contributed by atoms with Crippen LogP contribution in [0.15, 0.2) is 60.3 Å². The van der Waals surface area contributed by atoms with Crippen LogP contribution in [0.2, 0.25) is 0 Å². The van der Waals surface area contributed by atoms with Crippen LogP contribution in [0, 0.1) is 0 Å². The molecule has 3 aromatic rings. The molecule has 3 rings (SSSR count). The first-order valence-electron chi connectivity index (χ1n) is 8.48. The van der Waals surface area contributed by atoms with Crippen molar-refractivity contribution in [3.8, 4) is 5.75 Å². The lowest BCUT2D eigenvalue weighted by molar-refractivity contribution is 0.0706. The number of rotatable bonds is 6. The highest BCUT2D eigenvalue weighted by Gasteiger charge is 2.03. The van der Waals surface area contributed by atoms with E-state index in [1.165, 1.54) is 0 Å². The molecule has 1 amide bonds. The second-order valence-electron chi connectivity index (χ2n) is 6.19. The quantitative estimate of drug-likeness (QED) is 0.457. The van der Waals surface area contributed by atoms with Crippen molar-refractivity contribution in [3.63, 3.8) is 0 Å². The zero-order valence-electron chi connectivity index (χ0n) is 15.2. The smallest absolute Gasteiger partial charge is 0.274 e. The third kappa shape index (κ3) is 4.62. The number of hydrogen-bond acceptors (Lipinski definition) is 5. The Balaban J connectivity index is 1.67. The molecule has 0 radical (unpaired) electrons. The first-order chi connectivity index (χ1) is 13.1. The number of anilines is 1. The van der Waals surface area contributed by atoms with Crippen molar-refractivity contribution >= 4 is 28.6 Å². The van der Waals surface area contributed by atoms with Gasteiger partial charge in [0.25, 0.3) is 5.91 Å². The molecule has 1 heterocycles. The average Bonchev–Trinajstić information content (AvgIpc) is 2.71. The molecule has 27 heavy (non-hydrogen) atoms. The van der Waals surface area contributed by atoms with Gasteiger partial charge in [-0.15, -0.1) is 0 Å². The molecule has 0 spiro atoms. The van der Waals surface area contributed by atoms with Crippen LogP contribution in [-0.2, 0) is 0 Å². The lowest BCUT2D eigenvalue weighted by atomic mass is 10.1. The standard InChI is InChI=1S/C21H21N3O3/c1-14(9-15-3-5-16(6-4-15)21(25)24-26)12-22-18-10-17-11-19(27-2)7-8-20(17)23-13-18/h3-11,13,22,26H,12H2,1-2H3,(H,24,25)/b14-9+. The molecule has 1 aromatic heterocycles. The summed E-state index contributed by atoms with van der Waals surface area (Å²) in [4.78, 5) is 15.8. The molecule has 0 saturated carbocycles. The average molecular weight is 363 g/mol. The number of carbonyl (C=O) groups excluding carboxylic acids is 1. The Morgan fingerprint density at radius 1 is 1.19 bits per heavy atom. The van der Waals surface area contributed by atoms with Gasteiger partial charge in [-0.2, -0.15) is 0 Å². The lowest BCUT2D eigenvalue weighted by Gasteiger charge is -2.09. The van der Waals surface area contributed by atoms with Gasteiger partial charge in [-0.05, 0) is 48.9 Å². The van der Waals surface area contributed by atoms with Crippen LogP contribution < -0.4 is 15.5 Å². The number of benzene rings is 2. The van der Waals surface area contributed by atoms with E-state index in [0.29, 0.717) is 12.1 Å². The van der Waals surface area contributed by atoms with Crippen molar-refractivity contribution in [3.05, 3.63) is 71.4 Å². The highest BCUT2D eigenvalue weighted by atomic mass is 16.5. The number of hydroxylamine groups is 1. The fourth-order valence-corrected chi connectivity index (χ4v) is 2.71. The van der Waals surface area contributed by atoms with E-state index in [1.54, 1.807) is 24.7 Å². The summed E-state index contributed by atoms with van der Waals surface area (Å²) in [6.07, 6.45) is 3.84. The number of amides is 1. The molecule has 6 heteroatoms. The predicted octanol–water partition coefficient (Wildman–Crippen LogP) is 3.88. The van der Waals surface area contributed by atoms with Crippen LogP contribution in [0.4, 0.5) is 5.69 Å². The molecule has 2 aromatic carbocycles. The lowest BCUT2D eigenvalue weighted by Crippen LogP contribution is -2.18. The zero-order valence-corrected chi connectivity index (χ0v) is 15.2. The van der Waals surface area contributed by atoms with Gasteiger partial charge in [0.1, 0.15) is 5.75 Å². The fourth-order valence-electron chi connectivity index (χ4n) is 2.71. The summed E-state index contributed by atoms with van der Waals surface area (Å²) in [6.45, 7) is 2.69. The van der Waals surface area contributed by atoms with Gasteiger partial charge in [-0.1, -0.05) is 23.8 Å². The summed E-state index contributed by atoms with van der Waals surface area (Å²) >= 11 is 0. The predicted molar refractivity (Wildman–Crippen MR) is 106 cm³/mol. The summed E-state index contributed by atoms with van der Waals surface area (Å²) in [7, 11) is 1.65. The van der Waals surface area contributed by atoms with Crippen molar-refractivity contribution in [1.82, 2.24) is 10.5 Å². The number of methoxy groups -OCH3 is 1. The molecule has 0 bridgehead atoms. The van der Waals surface area contributed by atoms with Crippen LogP contribution in [0.5, 0.6) is 5.75 Å². The number of hydrogen-bond donors (Lipinski definition) is 3. The van der Waals surface area contributed by atoms with Crippen LogP contribution in [0.1, 0.15) is 22.8 Å². The van der Waals surface area contributed by atoms with Gasteiger partial charge in [0.2, 0.25) is 0 Å². The molecule has 0 aliphatic carbocycles. The van der Waals surface area contributed by atoms with E-state index in [2.05, 4.69) is 10.3 Å². The first kappa shape index (κ1) is 18.4. The van der Waals surface area contributed by atoms with Crippen LogP contribution >= 0.6 is 0 Å². The molecular weight excluding hydrogens is 342 g/mol. The molecule has 6 nitrogen and oxygen atoms in total. The molecular formula is C21H21N3O3. The summed E-state index contributed by atoms with van der Waals surface area (Å²) in [5, 5.41) is 13.0. The normalized spacial score (nSPS) is 11.3. The number of carbonyl (C=O) groups is 1. The SMILES string of the molecule is COc1ccc2ncc(NC/C(C)=C/c3ccc(C(=O)NO)cc3)cc2c1. The number of pyridine rings is 1. The topological polar surface area (TPSA) is 83.5 Å². The Labute approximate surface area is 157 Å². The maximum Gasteiger partial charge on any atom is 0.274 e. The highest BCUT2D eigenvalue weighted by molar-refractivity contribution is 5.93. The zero-order chi connectivity index (χ0) is 19.2. The number of nitrogens with zero attached hydrogens (tertiary/aromatic N) is 1. The molecule has 0 saturated heterocycles. The van der Waals surface area contributed by atoms with E-state index in [4.69, 9.17) is 9.94 Å². The minimum Gasteiger partial charge on any atom is -0.497 e. The van der Waals surface area contributed by atoms with Gasteiger partial charge in [-0.25, -0.2) is 5.48 Å². The molecule has 0 aliphatic rings. The van der Waals surface area contributed by atoms with Gasteiger partial charge in [-0.3, -0.25) is 15.0 Å². The Hall–Kier alpha value is -3.38. The van der Waals surface area contributed by atoms with E-state index < -0.39 is 5.91 Å². The van der Waals surface area contributed by atoms with Crippen molar-refractivity contribution in [1.29, 1.82) is 0 Å². The Morgan fingerprint density at radius 2 is 1.96 bits per heavy atom. The van der Waals surface area contributed by atoms with Crippen molar-refractivity contribution in [2.75, 3.05) is 19.0 Å². The van der Waals surface area contributed by atoms with Crippen LogP contribution in [-0.4, -0.2) is 29.8 Å². The van der Waals surface area contributed by atoms with E-state index in [0.717, 1.165) is 33.5 Å².